The molecule has 0 fully saturated rings. The molecule has 1 aliphatic carbocycles. The lowest BCUT2D eigenvalue weighted by atomic mass is 9.76. The molecule has 6 nitrogen and oxygen atoms in total. The molecule has 0 saturated heterocycles. The van der Waals surface area contributed by atoms with Crippen LogP contribution in [-0.4, -0.2) is 26.5 Å². The fraction of sp³-hybridized carbons (Fsp3) is 0.375. The first-order valence-electron chi connectivity index (χ1n) is 7.34. The number of carbonyl (C=O) groups is 1. The summed E-state index contributed by atoms with van der Waals surface area (Å²) in [5.41, 5.74) is 9.28. The van der Waals surface area contributed by atoms with Gasteiger partial charge in [0.15, 0.2) is 5.82 Å². The molecule has 3 N–H and O–H groups in total. The lowest BCUT2D eigenvalue weighted by molar-refractivity contribution is 0.1000. The number of amides is 1. The van der Waals surface area contributed by atoms with Crippen LogP contribution in [0, 0.1) is 5.41 Å². The molecule has 0 unspecified atom stereocenters. The zero-order valence-electron chi connectivity index (χ0n) is 12.8. The number of hydrogen-bond donors (Lipinski definition) is 2. The van der Waals surface area contributed by atoms with Crippen molar-refractivity contribution in [2.75, 3.05) is 0 Å². The highest BCUT2D eigenvalue weighted by atomic mass is 16.1. The molecule has 0 radical (unpaired) electrons. The highest BCUT2D eigenvalue weighted by Gasteiger charge is 2.24. The number of primary amides is 1. The number of benzene rings is 1. The maximum atomic E-state index is 11.7. The second-order valence-corrected chi connectivity index (χ2v) is 6.47. The molecule has 0 spiro atoms. The summed E-state index contributed by atoms with van der Waals surface area (Å²) in [7, 11) is 0. The first kappa shape index (κ1) is 14.4. The first-order chi connectivity index (χ1) is 10.5. The SMILES string of the molecule is CC1(C)CC=C(c2cc(-c3nnn[nH]3)ccc2C(N)=O)CC1. The summed E-state index contributed by atoms with van der Waals surface area (Å²) in [5.74, 6) is 0.164. The fourth-order valence-electron chi connectivity index (χ4n) is 2.77. The second kappa shape index (κ2) is 5.36. The number of allylic oxidation sites excluding steroid dienone is 2. The summed E-state index contributed by atoms with van der Waals surface area (Å²) in [6.07, 6.45) is 5.23. The quantitative estimate of drug-likeness (QED) is 0.909. The van der Waals surface area contributed by atoms with Crippen LogP contribution in [0.5, 0.6) is 0 Å². The molecule has 0 aliphatic heterocycles. The van der Waals surface area contributed by atoms with Crippen LogP contribution in [0.3, 0.4) is 0 Å². The molecule has 1 aromatic carbocycles. The zero-order valence-corrected chi connectivity index (χ0v) is 12.8. The van der Waals surface area contributed by atoms with Crippen LogP contribution >= 0.6 is 0 Å². The molecule has 6 heteroatoms. The Morgan fingerprint density at radius 3 is 2.77 bits per heavy atom. The molecule has 1 aliphatic rings. The van der Waals surface area contributed by atoms with E-state index < -0.39 is 5.91 Å². The number of nitrogens with two attached hydrogens (primary N) is 1. The summed E-state index contributed by atoms with van der Waals surface area (Å²) >= 11 is 0. The number of carbonyl (C=O) groups excluding carboxylic acids is 1. The van der Waals surface area contributed by atoms with E-state index in [4.69, 9.17) is 5.73 Å². The van der Waals surface area contributed by atoms with Gasteiger partial charge in [-0.3, -0.25) is 4.79 Å². The molecule has 0 bridgehead atoms. The van der Waals surface area contributed by atoms with E-state index in [-0.39, 0.29) is 0 Å². The van der Waals surface area contributed by atoms with Gasteiger partial charge in [-0.15, -0.1) is 5.10 Å². The molecule has 1 aromatic heterocycles. The number of rotatable bonds is 3. The van der Waals surface area contributed by atoms with Gasteiger partial charge in [-0.05, 0) is 58.4 Å². The van der Waals surface area contributed by atoms with Crippen LogP contribution in [0.2, 0.25) is 0 Å². The Morgan fingerprint density at radius 2 is 2.18 bits per heavy atom. The summed E-state index contributed by atoms with van der Waals surface area (Å²) in [6, 6.07) is 5.49. The van der Waals surface area contributed by atoms with Gasteiger partial charge in [-0.1, -0.05) is 26.0 Å². The highest BCUT2D eigenvalue weighted by molar-refractivity contribution is 5.99. The molecule has 2 aromatic rings. The maximum absolute atomic E-state index is 11.7. The van der Waals surface area contributed by atoms with Crippen LogP contribution in [0.25, 0.3) is 17.0 Å². The van der Waals surface area contributed by atoms with E-state index >= 15 is 0 Å². The highest BCUT2D eigenvalue weighted by Crippen LogP contribution is 2.39. The van der Waals surface area contributed by atoms with Crippen molar-refractivity contribution in [3.63, 3.8) is 0 Å². The van der Waals surface area contributed by atoms with Gasteiger partial charge in [0, 0.05) is 11.1 Å². The van der Waals surface area contributed by atoms with Gasteiger partial charge in [0.1, 0.15) is 0 Å². The Balaban J connectivity index is 2.06. The van der Waals surface area contributed by atoms with E-state index in [9.17, 15) is 4.79 Å². The Labute approximate surface area is 128 Å². The predicted octanol–water partition coefficient (Wildman–Crippen LogP) is 2.56. The predicted molar refractivity (Wildman–Crippen MR) is 83.7 cm³/mol. The van der Waals surface area contributed by atoms with E-state index in [2.05, 4.69) is 40.5 Å². The number of nitrogens with zero attached hydrogens (tertiary/aromatic N) is 3. The van der Waals surface area contributed by atoms with E-state index in [1.807, 2.05) is 6.07 Å². The third-order valence-corrected chi connectivity index (χ3v) is 4.22. The summed E-state index contributed by atoms with van der Waals surface area (Å²) in [6.45, 7) is 4.51. The zero-order chi connectivity index (χ0) is 15.7. The first-order valence-corrected chi connectivity index (χ1v) is 7.34. The Morgan fingerprint density at radius 1 is 1.36 bits per heavy atom. The standard InChI is InChI=1S/C16H19N5O/c1-16(2)7-5-10(6-8-16)13-9-11(15-18-20-21-19-15)3-4-12(13)14(17)22/h3-5,9H,6-8H2,1-2H3,(H2,17,22)(H,18,19,20,21). The van der Waals surface area contributed by atoms with Crippen molar-refractivity contribution < 1.29 is 4.79 Å². The number of aromatic amines is 1. The average molecular weight is 297 g/mol. The minimum Gasteiger partial charge on any atom is -0.366 e. The lowest BCUT2D eigenvalue weighted by Gasteiger charge is -2.29. The van der Waals surface area contributed by atoms with Crippen molar-refractivity contribution in [3.8, 4) is 11.4 Å². The van der Waals surface area contributed by atoms with Crippen molar-refractivity contribution in [1.29, 1.82) is 0 Å². The summed E-state index contributed by atoms with van der Waals surface area (Å²) < 4.78 is 0. The minimum atomic E-state index is -0.414. The molecule has 3 rings (SSSR count). The summed E-state index contributed by atoms with van der Waals surface area (Å²) in [5, 5.41) is 13.8. The second-order valence-electron chi connectivity index (χ2n) is 6.47. The monoisotopic (exact) mass is 297 g/mol. The van der Waals surface area contributed by atoms with Gasteiger partial charge in [0.2, 0.25) is 5.91 Å². The smallest absolute Gasteiger partial charge is 0.249 e. The number of aromatic nitrogens is 4. The van der Waals surface area contributed by atoms with Gasteiger partial charge >= 0.3 is 0 Å². The average Bonchev–Trinajstić information content (AvgIpc) is 3.01. The minimum absolute atomic E-state index is 0.308. The van der Waals surface area contributed by atoms with Crippen LogP contribution < -0.4 is 5.73 Å². The topological polar surface area (TPSA) is 97.6 Å². The van der Waals surface area contributed by atoms with Crippen molar-refractivity contribution >= 4 is 11.5 Å². The molecular formula is C16H19N5O. The van der Waals surface area contributed by atoms with Crippen LogP contribution in [-0.2, 0) is 0 Å². The van der Waals surface area contributed by atoms with E-state index in [1.165, 1.54) is 5.57 Å². The normalized spacial score (nSPS) is 17.1. The number of tetrazole rings is 1. The third kappa shape index (κ3) is 2.77. The molecule has 1 heterocycles. The van der Waals surface area contributed by atoms with Crippen molar-refractivity contribution in [2.24, 2.45) is 11.1 Å². The number of hydrogen-bond acceptors (Lipinski definition) is 4. The molecule has 22 heavy (non-hydrogen) atoms. The van der Waals surface area contributed by atoms with Gasteiger partial charge in [-0.2, -0.15) is 0 Å². The largest absolute Gasteiger partial charge is 0.366 e. The molecule has 0 atom stereocenters. The van der Waals surface area contributed by atoms with Crippen molar-refractivity contribution in [2.45, 2.75) is 33.1 Å². The van der Waals surface area contributed by atoms with Crippen LogP contribution in [0.15, 0.2) is 24.3 Å². The maximum Gasteiger partial charge on any atom is 0.249 e. The van der Waals surface area contributed by atoms with Gasteiger partial charge in [-0.25, -0.2) is 5.10 Å². The van der Waals surface area contributed by atoms with Crippen LogP contribution in [0.4, 0.5) is 0 Å². The molecule has 114 valence electrons. The van der Waals surface area contributed by atoms with E-state index in [1.54, 1.807) is 12.1 Å². The lowest BCUT2D eigenvalue weighted by Crippen LogP contribution is -2.17. The van der Waals surface area contributed by atoms with Gasteiger partial charge in [0.05, 0.1) is 0 Å². The van der Waals surface area contributed by atoms with Crippen molar-refractivity contribution in [3.05, 3.63) is 35.4 Å². The Kier molecular flexibility index (Phi) is 3.52. The van der Waals surface area contributed by atoms with E-state index in [0.29, 0.717) is 16.8 Å². The third-order valence-electron chi connectivity index (χ3n) is 4.22. The fourth-order valence-corrected chi connectivity index (χ4v) is 2.77. The molecule has 0 saturated carbocycles. The van der Waals surface area contributed by atoms with Gasteiger partial charge < -0.3 is 5.73 Å². The Bertz CT molecular complexity index is 731. The molecule has 1 amide bonds. The number of nitrogens with one attached hydrogen (secondary N) is 1. The van der Waals surface area contributed by atoms with Gasteiger partial charge in [0.25, 0.3) is 0 Å². The van der Waals surface area contributed by atoms with Crippen molar-refractivity contribution in [1.82, 2.24) is 20.6 Å². The van der Waals surface area contributed by atoms with E-state index in [0.717, 1.165) is 30.4 Å². The summed E-state index contributed by atoms with van der Waals surface area (Å²) in [4.78, 5) is 11.7. The Hall–Kier alpha value is -2.50. The number of H-pyrrole nitrogens is 1. The van der Waals surface area contributed by atoms with Crippen LogP contribution in [0.1, 0.15) is 49.0 Å². The molecular weight excluding hydrogens is 278 g/mol.